The highest BCUT2D eigenvalue weighted by Gasteiger charge is 2.20. The topological polar surface area (TPSA) is 93.9 Å². The second-order valence-electron chi connectivity index (χ2n) is 8.60. The van der Waals surface area contributed by atoms with Crippen LogP contribution in [0, 0.1) is 17.6 Å². The molecule has 4 rings (SSSR count). The first-order valence-corrected chi connectivity index (χ1v) is 13.1. The van der Waals surface area contributed by atoms with Crippen LogP contribution in [0.15, 0.2) is 35.1 Å². The first-order valence-electron chi connectivity index (χ1n) is 11.0. The van der Waals surface area contributed by atoms with Crippen molar-refractivity contribution in [2.75, 3.05) is 23.9 Å². The van der Waals surface area contributed by atoms with Crippen LogP contribution in [-0.2, 0) is 16.4 Å². The van der Waals surface area contributed by atoms with E-state index >= 15 is 0 Å². The zero-order valence-electron chi connectivity index (χ0n) is 18.4. The molecule has 0 amide bonds. The van der Waals surface area contributed by atoms with Gasteiger partial charge in [-0.3, -0.25) is 9.36 Å². The predicted octanol–water partition coefficient (Wildman–Crippen LogP) is 3.77. The fourth-order valence-corrected chi connectivity index (χ4v) is 4.68. The lowest BCUT2D eigenvalue weighted by Gasteiger charge is -2.23. The molecule has 7 nitrogen and oxygen atoms in total. The normalized spacial score (nSPS) is 15.1. The number of rotatable bonds is 7. The Morgan fingerprint density at radius 1 is 1.06 bits per heavy atom. The summed E-state index contributed by atoms with van der Waals surface area (Å²) >= 11 is 0. The van der Waals surface area contributed by atoms with E-state index in [1.165, 1.54) is 12.5 Å². The highest BCUT2D eigenvalue weighted by atomic mass is 32.2. The second-order valence-corrected chi connectivity index (χ2v) is 10.9. The first kappa shape index (κ1) is 23.3. The molecule has 0 bridgehead atoms. The number of hydrogen-bond donors (Lipinski definition) is 1. The number of anilines is 1. The van der Waals surface area contributed by atoms with Gasteiger partial charge in [0.25, 0.3) is 5.56 Å². The summed E-state index contributed by atoms with van der Waals surface area (Å²) in [6.45, 7) is 0.531. The van der Waals surface area contributed by atoms with Gasteiger partial charge in [-0.1, -0.05) is 19.3 Å². The zero-order chi connectivity index (χ0) is 23.6. The molecule has 0 aliphatic heterocycles. The Bertz CT molecular complexity index is 1340. The number of hydrogen-bond acceptors (Lipinski definition) is 6. The lowest BCUT2D eigenvalue weighted by atomic mass is 9.89. The maximum absolute atomic E-state index is 13.8. The molecule has 10 heteroatoms. The number of aromatic nitrogens is 3. The van der Waals surface area contributed by atoms with E-state index in [0.29, 0.717) is 34.9 Å². The third-order valence-corrected chi connectivity index (χ3v) is 6.88. The number of benzene rings is 1. The Hall–Kier alpha value is -2.88. The largest absolute Gasteiger partial charge is 0.364 e. The molecule has 2 aromatic heterocycles. The van der Waals surface area contributed by atoms with E-state index in [9.17, 15) is 22.0 Å². The summed E-state index contributed by atoms with van der Waals surface area (Å²) in [6.07, 6.45) is 6.55. The van der Waals surface area contributed by atoms with E-state index in [1.54, 1.807) is 16.7 Å². The molecule has 1 aliphatic carbocycles. The number of fused-ring (bicyclic) bond motifs is 1. The Balaban J connectivity index is 1.77. The Morgan fingerprint density at radius 2 is 1.82 bits per heavy atom. The standard InChI is InChI=1S/C23H26F2N4O3S/c1-33(31,32)12-11-26-21-23(30)29(14-15-5-3-2-4-6-15)22-20(27-21)10-9-19(28-22)16-7-8-17(24)18(25)13-16/h7-10,13,15H,2-6,11-12,14H2,1H3,(H,26,27). The second kappa shape index (κ2) is 9.54. The van der Waals surface area contributed by atoms with Gasteiger partial charge < -0.3 is 5.32 Å². The van der Waals surface area contributed by atoms with Crippen LogP contribution in [-0.4, -0.2) is 41.5 Å². The minimum atomic E-state index is -3.19. The van der Waals surface area contributed by atoms with Crippen LogP contribution in [0.4, 0.5) is 14.6 Å². The van der Waals surface area contributed by atoms with Gasteiger partial charge in [0.05, 0.1) is 11.4 Å². The highest BCUT2D eigenvalue weighted by Crippen LogP contribution is 2.27. The molecule has 0 saturated heterocycles. The molecule has 3 aromatic rings. The summed E-state index contributed by atoms with van der Waals surface area (Å²) in [5, 5.41) is 2.86. The van der Waals surface area contributed by atoms with Crippen LogP contribution in [0.2, 0.25) is 0 Å². The molecular formula is C23H26F2N4O3S. The lowest BCUT2D eigenvalue weighted by Crippen LogP contribution is -2.30. The average molecular weight is 477 g/mol. The summed E-state index contributed by atoms with van der Waals surface area (Å²) in [5.41, 5.74) is 1.23. The molecule has 0 atom stereocenters. The molecule has 33 heavy (non-hydrogen) atoms. The van der Waals surface area contributed by atoms with Crippen molar-refractivity contribution in [3.8, 4) is 11.3 Å². The van der Waals surface area contributed by atoms with Crippen molar-refractivity contribution in [3.05, 3.63) is 52.3 Å². The van der Waals surface area contributed by atoms with Gasteiger partial charge in [-0.15, -0.1) is 0 Å². The third kappa shape index (κ3) is 5.55. The van der Waals surface area contributed by atoms with E-state index in [1.807, 2.05) is 0 Å². The van der Waals surface area contributed by atoms with Crippen molar-refractivity contribution in [1.82, 2.24) is 14.5 Å². The highest BCUT2D eigenvalue weighted by molar-refractivity contribution is 7.90. The first-order chi connectivity index (χ1) is 15.7. The lowest BCUT2D eigenvalue weighted by molar-refractivity contribution is 0.319. The maximum Gasteiger partial charge on any atom is 0.294 e. The number of nitrogens with one attached hydrogen (secondary N) is 1. The fraction of sp³-hybridized carbons (Fsp3) is 0.435. The van der Waals surface area contributed by atoms with Crippen LogP contribution in [0.25, 0.3) is 22.4 Å². The number of pyridine rings is 1. The van der Waals surface area contributed by atoms with Crippen molar-refractivity contribution in [3.63, 3.8) is 0 Å². The molecule has 0 radical (unpaired) electrons. The quantitative estimate of drug-likeness (QED) is 0.558. The van der Waals surface area contributed by atoms with Gasteiger partial charge in [0.2, 0.25) is 0 Å². The third-order valence-electron chi connectivity index (χ3n) is 5.94. The van der Waals surface area contributed by atoms with Crippen molar-refractivity contribution in [1.29, 1.82) is 0 Å². The summed E-state index contributed by atoms with van der Waals surface area (Å²) in [5.74, 6) is -1.65. The van der Waals surface area contributed by atoms with Crippen molar-refractivity contribution in [2.45, 2.75) is 38.6 Å². The van der Waals surface area contributed by atoms with Crippen LogP contribution < -0.4 is 10.9 Å². The predicted molar refractivity (Wildman–Crippen MR) is 124 cm³/mol. The van der Waals surface area contributed by atoms with E-state index in [4.69, 9.17) is 0 Å². The molecule has 0 unspecified atom stereocenters. The molecule has 2 heterocycles. The number of halogens is 2. The smallest absolute Gasteiger partial charge is 0.294 e. The van der Waals surface area contributed by atoms with Gasteiger partial charge in [0, 0.05) is 24.9 Å². The summed E-state index contributed by atoms with van der Waals surface area (Å²) in [7, 11) is -3.19. The van der Waals surface area contributed by atoms with E-state index in [0.717, 1.165) is 44.1 Å². The number of sulfone groups is 1. The van der Waals surface area contributed by atoms with Gasteiger partial charge >= 0.3 is 0 Å². The van der Waals surface area contributed by atoms with E-state index in [-0.39, 0.29) is 23.7 Å². The van der Waals surface area contributed by atoms with Crippen molar-refractivity contribution >= 4 is 26.8 Å². The maximum atomic E-state index is 13.8. The van der Waals surface area contributed by atoms with Gasteiger partial charge in [0.1, 0.15) is 15.4 Å². The van der Waals surface area contributed by atoms with Gasteiger partial charge in [0.15, 0.2) is 23.1 Å². The molecule has 1 aromatic carbocycles. The van der Waals surface area contributed by atoms with E-state index < -0.39 is 21.5 Å². The van der Waals surface area contributed by atoms with Gasteiger partial charge in [-0.25, -0.2) is 27.2 Å². The molecule has 1 aliphatic rings. The van der Waals surface area contributed by atoms with Crippen molar-refractivity contribution in [2.24, 2.45) is 5.92 Å². The minimum Gasteiger partial charge on any atom is -0.364 e. The summed E-state index contributed by atoms with van der Waals surface area (Å²) in [4.78, 5) is 22.3. The monoisotopic (exact) mass is 476 g/mol. The van der Waals surface area contributed by atoms with Gasteiger partial charge in [-0.2, -0.15) is 0 Å². The summed E-state index contributed by atoms with van der Waals surface area (Å²) in [6, 6.07) is 6.86. The zero-order valence-corrected chi connectivity index (χ0v) is 19.2. The Labute approximate surface area is 190 Å². The molecule has 1 fully saturated rings. The number of nitrogens with zero attached hydrogens (tertiary/aromatic N) is 3. The molecular weight excluding hydrogens is 450 g/mol. The molecule has 176 valence electrons. The van der Waals surface area contributed by atoms with Crippen LogP contribution >= 0.6 is 0 Å². The van der Waals surface area contributed by atoms with Crippen molar-refractivity contribution < 1.29 is 17.2 Å². The Morgan fingerprint density at radius 3 is 2.52 bits per heavy atom. The Kier molecular flexibility index (Phi) is 6.73. The average Bonchev–Trinajstić information content (AvgIpc) is 2.78. The van der Waals surface area contributed by atoms with E-state index in [2.05, 4.69) is 15.3 Å². The minimum absolute atomic E-state index is 0.0659. The van der Waals surface area contributed by atoms with Gasteiger partial charge in [-0.05, 0) is 49.1 Å². The summed E-state index contributed by atoms with van der Waals surface area (Å²) < 4.78 is 51.6. The molecule has 1 saturated carbocycles. The molecule has 1 N–H and O–H groups in total. The fourth-order valence-electron chi connectivity index (χ4n) is 4.20. The molecule has 0 spiro atoms. The van der Waals surface area contributed by atoms with Crippen LogP contribution in [0.5, 0.6) is 0 Å². The van der Waals surface area contributed by atoms with Crippen LogP contribution in [0.1, 0.15) is 32.1 Å². The SMILES string of the molecule is CS(=O)(=O)CCNc1nc2ccc(-c3ccc(F)c(F)c3)nc2n(CC2CCCCC2)c1=O. The van der Waals surface area contributed by atoms with Crippen LogP contribution in [0.3, 0.4) is 0 Å².